The van der Waals surface area contributed by atoms with Crippen LogP contribution in [-0.2, 0) is 4.79 Å². The molecular formula is C8H18N2O. The normalized spacial score (nSPS) is 13.5. The molecule has 0 radical (unpaired) electrons. The van der Waals surface area contributed by atoms with E-state index in [0.717, 1.165) is 32.1 Å². The molecule has 0 aliphatic carbocycles. The molecule has 11 heavy (non-hydrogen) atoms. The van der Waals surface area contributed by atoms with Gasteiger partial charge >= 0.3 is 0 Å². The van der Waals surface area contributed by atoms with Crippen molar-refractivity contribution in [1.82, 2.24) is 4.90 Å². The third kappa shape index (κ3) is 7.49. The fourth-order valence-corrected chi connectivity index (χ4v) is 0.876. The zero-order valence-electron chi connectivity index (χ0n) is 7.42. The standard InChI is InChI=1S/C8H18N2O/c1-10(2)6-4-3-5-8(9)7-11/h7-8H,3-6,9H2,1-2H3/t8-/m0/s1. The molecule has 3 nitrogen and oxygen atoms in total. The van der Waals surface area contributed by atoms with Crippen molar-refractivity contribution < 1.29 is 4.79 Å². The SMILES string of the molecule is CN(C)CCCC[C@H](N)C=O. The molecule has 0 aromatic rings. The molecule has 0 saturated carbocycles. The number of carbonyl (C=O) groups excluding carboxylic acids is 1. The van der Waals surface area contributed by atoms with Crippen molar-refractivity contribution in [3.63, 3.8) is 0 Å². The molecular weight excluding hydrogens is 140 g/mol. The van der Waals surface area contributed by atoms with E-state index in [1.807, 2.05) is 14.1 Å². The van der Waals surface area contributed by atoms with E-state index in [1.165, 1.54) is 0 Å². The summed E-state index contributed by atoms with van der Waals surface area (Å²) < 4.78 is 0. The number of rotatable bonds is 6. The van der Waals surface area contributed by atoms with Gasteiger partial charge in [-0.25, -0.2) is 0 Å². The van der Waals surface area contributed by atoms with E-state index in [-0.39, 0.29) is 6.04 Å². The van der Waals surface area contributed by atoms with Gasteiger partial charge in [0, 0.05) is 0 Å². The van der Waals surface area contributed by atoms with Gasteiger partial charge < -0.3 is 15.4 Å². The molecule has 0 rings (SSSR count). The van der Waals surface area contributed by atoms with E-state index >= 15 is 0 Å². The summed E-state index contributed by atoms with van der Waals surface area (Å²) in [6.45, 7) is 1.07. The Bertz CT molecular complexity index is 104. The second-order valence-corrected chi connectivity index (χ2v) is 3.10. The number of aldehydes is 1. The largest absolute Gasteiger partial charge is 0.322 e. The van der Waals surface area contributed by atoms with Gasteiger partial charge in [-0.15, -0.1) is 0 Å². The lowest BCUT2D eigenvalue weighted by molar-refractivity contribution is -0.109. The second-order valence-electron chi connectivity index (χ2n) is 3.10. The van der Waals surface area contributed by atoms with Crippen molar-refractivity contribution in [3.8, 4) is 0 Å². The average molecular weight is 158 g/mol. The van der Waals surface area contributed by atoms with E-state index < -0.39 is 0 Å². The fraction of sp³-hybridized carbons (Fsp3) is 0.875. The van der Waals surface area contributed by atoms with Gasteiger partial charge in [0.05, 0.1) is 6.04 Å². The van der Waals surface area contributed by atoms with E-state index in [4.69, 9.17) is 5.73 Å². The van der Waals surface area contributed by atoms with Gasteiger partial charge in [-0.1, -0.05) is 6.42 Å². The Balaban J connectivity index is 3.07. The maximum Gasteiger partial charge on any atom is 0.136 e. The minimum Gasteiger partial charge on any atom is -0.322 e. The first-order chi connectivity index (χ1) is 5.16. The molecule has 0 aliphatic heterocycles. The smallest absolute Gasteiger partial charge is 0.136 e. The van der Waals surface area contributed by atoms with Gasteiger partial charge in [-0.2, -0.15) is 0 Å². The van der Waals surface area contributed by atoms with Crippen LogP contribution in [0.3, 0.4) is 0 Å². The summed E-state index contributed by atoms with van der Waals surface area (Å²) in [4.78, 5) is 12.2. The van der Waals surface area contributed by atoms with Gasteiger partial charge in [0.25, 0.3) is 0 Å². The minimum atomic E-state index is -0.253. The van der Waals surface area contributed by atoms with Crippen molar-refractivity contribution >= 4 is 6.29 Å². The molecule has 0 fully saturated rings. The molecule has 3 heteroatoms. The van der Waals surface area contributed by atoms with Crippen LogP contribution in [0.1, 0.15) is 19.3 Å². The van der Waals surface area contributed by atoms with Gasteiger partial charge in [0.2, 0.25) is 0 Å². The average Bonchev–Trinajstić information content (AvgIpc) is 1.97. The zero-order valence-corrected chi connectivity index (χ0v) is 7.42. The third-order valence-corrected chi connectivity index (χ3v) is 1.57. The summed E-state index contributed by atoms with van der Waals surface area (Å²) in [6, 6.07) is -0.253. The van der Waals surface area contributed by atoms with Gasteiger partial charge in [0.15, 0.2) is 0 Å². The molecule has 0 spiro atoms. The van der Waals surface area contributed by atoms with Crippen molar-refractivity contribution in [3.05, 3.63) is 0 Å². The first-order valence-corrected chi connectivity index (χ1v) is 4.02. The van der Waals surface area contributed by atoms with Gasteiger partial charge in [0.1, 0.15) is 6.29 Å². The molecule has 0 aliphatic rings. The lowest BCUT2D eigenvalue weighted by Gasteiger charge is -2.09. The summed E-state index contributed by atoms with van der Waals surface area (Å²) in [7, 11) is 4.08. The number of nitrogens with two attached hydrogens (primary N) is 1. The highest BCUT2D eigenvalue weighted by Crippen LogP contribution is 1.97. The molecule has 0 bridgehead atoms. The molecule has 1 atom stereocenters. The van der Waals surface area contributed by atoms with Crippen LogP contribution in [0.5, 0.6) is 0 Å². The predicted molar refractivity (Wildman–Crippen MR) is 46.4 cm³/mol. The van der Waals surface area contributed by atoms with Crippen LogP contribution in [0.2, 0.25) is 0 Å². The maximum absolute atomic E-state index is 10.1. The molecule has 0 heterocycles. The van der Waals surface area contributed by atoms with Crippen molar-refractivity contribution in [2.24, 2.45) is 5.73 Å². The Hall–Kier alpha value is -0.410. The summed E-state index contributed by atoms with van der Waals surface area (Å²) in [5, 5.41) is 0. The van der Waals surface area contributed by atoms with E-state index in [0.29, 0.717) is 0 Å². The molecule has 0 aromatic heterocycles. The van der Waals surface area contributed by atoms with E-state index in [9.17, 15) is 4.79 Å². The van der Waals surface area contributed by atoms with Crippen LogP contribution in [-0.4, -0.2) is 37.9 Å². The van der Waals surface area contributed by atoms with Crippen molar-refractivity contribution in [2.75, 3.05) is 20.6 Å². The fourth-order valence-electron chi connectivity index (χ4n) is 0.876. The Morgan fingerprint density at radius 3 is 2.55 bits per heavy atom. The Morgan fingerprint density at radius 2 is 2.09 bits per heavy atom. The highest BCUT2D eigenvalue weighted by molar-refractivity contribution is 5.56. The van der Waals surface area contributed by atoms with Gasteiger partial charge in [-0.3, -0.25) is 0 Å². The van der Waals surface area contributed by atoms with Crippen LogP contribution in [0, 0.1) is 0 Å². The maximum atomic E-state index is 10.1. The highest BCUT2D eigenvalue weighted by Gasteiger charge is 1.98. The summed E-state index contributed by atoms with van der Waals surface area (Å²) in [5.41, 5.74) is 5.41. The van der Waals surface area contributed by atoms with Crippen LogP contribution in [0.25, 0.3) is 0 Å². The highest BCUT2D eigenvalue weighted by atomic mass is 16.1. The van der Waals surface area contributed by atoms with Crippen LogP contribution in [0.15, 0.2) is 0 Å². The van der Waals surface area contributed by atoms with Crippen molar-refractivity contribution in [2.45, 2.75) is 25.3 Å². The number of carbonyl (C=O) groups is 1. The molecule has 0 aromatic carbocycles. The third-order valence-electron chi connectivity index (χ3n) is 1.57. The monoisotopic (exact) mass is 158 g/mol. The molecule has 0 saturated heterocycles. The summed E-state index contributed by atoms with van der Waals surface area (Å²) >= 11 is 0. The zero-order chi connectivity index (χ0) is 8.69. The number of hydrogen-bond acceptors (Lipinski definition) is 3. The second kappa shape index (κ2) is 6.31. The van der Waals surface area contributed by atoms with Crippen LogP contribution >= 0.6 is 0 Å². The summed E-state index contributed by atoms with van der Waals surface area (Å²) in [5.74, 6) is 0. The lowest BCUT2D eigenvalue weighted by Crippen LogP contribution is -2.21. The van der Waals surface area contributed by atoms with Gasteiger partial charge in [-0.05, 0) is 33.5 Å². The first kappa shape index (κ1) is 10.6. The number of hydrogen-bond donors (Lipinski definition) is 1. The lowest BCUT2D eigenvalue weighted by atomic mass is 10.1. The Kier molecular flexibility index (Phi) is 6.07. The Morgan fingerprint density at radius 1 is 1.45 bits per heavy atom. The van der Waals surface area contributed by atoms with E-state index in [1.54, 1.807) is 0 Å². The van der Waals surface area contributed by atoms with E-state index in [2.05, 4.69) is 4.90 Å². The quantitative estimate of drug-likeness (QED) is 0.445. The molecule has 66 valence electrons. The minimum absolute atomic E-state index is 0.253. The first-order valence-electron chi connectivity index (χ1n) is 4.02. The van der Waals surface area contributed by atoms with Crippen LogP contribution in [0.4, 0.5) is 0 Å². The molecule has 0 amide bonds. The molecule has 2 N–H and O–H groups in total. The summed E-state index contributed by atoms with van der Waals surface area (Å²) in [6.07, 6.45) is 3.79. The predicted octanol–water partition coefficient (Wildman–Crippen LogP) is 0.244. The topological polar surface area (TPSA) is 46.3 Å². The van der Waals surface area contributed by atoms with Crippen LogP contribution < -0.4 is 5.73 Å². The Labute approximate surface area is 68.6 Å². The van der Waals surface area contributed by atoms with Crippen molar-refractivity contribution in [1.29, 1.82) is 0 Å². The number of unbranched alkanes of at least 4 members (excludes halogenated alkanes) is 1. The number of nitrogens with zero attached hydrogens (tertiary/aromatic N) is 1. The molecule has 0 unspecified atom stereocenters.